The maximum absolute atomic E-state index is 13.9. The minimum atomic E-state index is -0.877. The summed E-state index contributed by atoms with van der Waals surface area (Å²) in [5.41, 5.74) is 2.88. The Morgan fingerprint density at radius 2 is 1.75 bits per heavy atom. The third-order valence-electron chi connectivity index (χ3n) is 4.41. The molecule has 0 amide bonds. The average molecular weight is 394 g/mol. The summed E-state index contributed by atoms with van der Waals surface area (Å²) in [6.07, 6.45) is 4.68. The van der Waals surface area contributed by atoms with Crippen LogP contribution in [-0.4, -0.2) is 15.2 Å². The molecule has 0 aliphatic heterocycles. The number of carbonyl (C=O) groups is 1. The number of aromatic nitrogens is 2. The summed E-state index contributed by atoms with van der Waals surface area (Å²) in [5, 5.41) is 0. The smallest absolute Gasteiger partial charge is 0.194 e. The number of imidazole rings is 1. The maximum atomic E-state index is 13.9. The average Bonchev–Trinajstić information content (AvgIpc) is 3.16. The minimum absolute atomic E-state index is 0.558. The molecule has 2 aromatic carbocycles. The molecule has 0 atom stereocenters. The molecule has 0 saturated carbocycles. The van der Waals surface area contributed by atoms with E-state index in [0.29, 0.717) is 11.4 Å². The van der Waals surface area contributed by atoms with Gasteiger partial charge >= 0.3 is 0 Å². The molecule has 0 N–H and O–H groups in total. The molecule has 3 nitrogen and oxygen atoms in total. The second kappa shape index (κ2) is 7.13. The Kier molecular flexibility index (Phi) is 4.65. The van der Waals surface area contributed by atoms with Crippen LogP contribution in [0.3, 0.4) is 0 Å². The summed E-state index contributed by atoms with van der Waals surface area (Å²) in [6, 6.07) is 11.3. The van der Waals surface area contributed by atoms with E-state index >= 15 is 0 Å². The molecule has 28 heavy (non-hydrogen) atoms. The van der Waals surface area contributed by atoms with Crippen LogP contribution in [0.15, 0.2) is 54.7 Å². The molecule has 0 aliphatic rings. The number of halogens is 2. The van der Waals surface area contributed by atoms with Crippen molar-refractivity contribution < 1.29 is 13.6 Å². The van der Waals surface area contributed by atoms with Crippen molar-refractivity contribution in [1.29, 1.82) is 0 Å². The van der Waals surface area contributed by atoms with Crippen molar-refractivity contribution in [1.82, 2.24) is 9.38 Å². The molecule has 2 aromatic heterocycles. The van der Waals surface area contributed by atoms with Gasteiger partial charge in [0.25, 0.3) is 0 Å². The van der Waals surface area contributed by atoms with Gasteiger partial charge in [0.2, 0.25) is 0 Å². The van der Waals surface area contributed by atoms with E-state index < -0.39 is 23.0 Å². The van der Waals surface area contributed by atoms with Gasteiger partial charge in [-0.25, -0.2) is 13.8 Å². The number of carbonyl (C=O) groups excluding carboxylic acids is 1. The normalized spacial score (nSPS) is 11.6. The zero-order valence-electron chi connectivity index (χ0n) is 15.2. The first-order valence-electron chi connectivity index (χ1n) is 8.66. The lowest BCUT2D eigenvalue weighted by Gasteiger charge is -2.02. The first-order valence-corrected chi connectivity index (χ1v) is 9.47. The predicted octanol–water partition coefficient (Wildman–Crippen LogP) is 5.85. The van der Waals surface area contributed by atoms with Crippen molar-refractivity contribution >= 4 is 28.2 Å². The lowest BCUT2D eigenvalue weighted by atomic mass is 10.1. The Morgan fingerprint density at radius 3 is 2.43 bits per heavy atom. The van der Waals surface area contributed by atoms with Crippen molar-refractivity contribution in [3.05, 3.63) is 88.1 Å². The minimum Gasteiger partial charge on any atom is -0.290 e. The van der Waals surface area contributed by atoms with E-state index in [2.05, 4.69) is 4.98 Å². The lowest BCUT2D eigenvalue weighted by Crippen LogP contribution is -2.02. The summed E-state index contributed by atoms with van der Waals surface area (Å²) < 4.78 is 29.7. The molecule has 0 aliphatic carbocycles. The van der Waals surface area contributed by atoms with Crippen LogP contribution >= 0.6 is 11.3 Å². The number of hydrogen-bond acceptors (Lipinski definition) is 3. The van der Waals surface area contributed by atoms with Crippen LogP contribution in [0.1, 0.15) is 26.5 Å². The van der Waals surface area contributed by atoms with Gasteiger partial charge in [0, 0.05) is 16.6 Å². The van der Waals surface area contributed by atoms with Crippen molar-refractivity contribution in [3.8, 4) is 11.3 Å². The number of fused-ring (bicyclic) bond motifs is 1. The van der Waals surface area contributed by atoms with Gasteiger partial charge in [-0.15, -0.1) is 11.3 Å². The molecule has 0 bridgehead atoms. The van der Waals surface area contributed by atoms with E-state index in [1.807, 2.05) is 48.7 Å². The van der Waals surface area contributed by atoms with Gasteiger partial charge in [-0.3, -0.25) is 9.20 Å². The van der Waals surface area contributed by atoms with Crippen molar-refractivity contribution in [2.75, 3.05) is 0 Å². The Morgan fingerprint density at radius 1 is 1.07 bits per heavy atom. The number of rotatable bonds is 4. The number of benzene rings is 2. The van der Waals surface area contributed by atoms with Crippen LogP contribution in [0.25, 0.3) is 22.3 Å². The van der Waals surface area contributed by atoms with Crippen molar-refractivity contribution in [2.45, 2.75) is 13.8 Å². The Bertz CT molecular complexity index is 1200. The lowest BCUT2D eigenvalue weighted by molar-refractivity contribution is 0.104. The predicted molar refractivity (Wildman–Crippen MR) is 108 cm³/mol. The maximum Gasteiger partial charge on any atom is 0.194 e. The molecule has 0 saturated heterocycles. The molecule has 2 heterocycles. The number of nitrogens with zero attached hydrogens (tertiary/aromatic N) is 2. The van der Waals surface area contributed by atoms with Gasteiger partial charge in [-0.1, -0.05) is 35.9 Å². The number of thiazole rings is 1. The van der Waals surface area contributed by atoms with Gasteiger partial charge in [-0.2, -0.15) is 0 Å². The van der Waals surface area contributed by atoms with Crippen LogP contribution in [0.4, 0.5) is 8.78 Å². The van der Waals surface area contributed by atoms with E-state index in [-0.39, 0.29) is 0 Å². The van der Waals surface area contributed by atoms with Crippen LogP contribution in [0.2, 0.25) is 0 Å². The molecule has 0 fully saturated rings. The second-order valence-corrected chi connectivity index (χ2v) is 7.71. The summed E-state index contributed by atoms with van der Waals surface area (Å²) >= 11 is 1.53. The summed E-state index contributed by atoms with van der Waals surface area (Å²) in [6.45, 7) is 3.97. The SMILES string of the molecule is Cc1ccc(-c2nc3sc(C)cn3c2/C=C/C(=O)c2c(F)cccc2F)cc1. The molecule has 0 unspecified atom stereocenters. The third kappa shape index (κ3) is 3.27. The standard InChI is InChI=1S/C22H16F2N2OS/c1-13-6-8-15(9-7-13)21-18(26-12-14(2)28-22(26)25-21)10-11-19(27)20-16(23)4-3-5-17(20)24/h3-12H,1-2H3/b11-10+. The van der Waals surface area contributed by atoms with E-state index in [1.54, 1.807) is 6.08 Å². The fourth-order valence-electron chi connectivity index (χ4n) is 3.03. The van der Waals surface area contributed by atoms with E-state index in [0.717, 1.165) is 33.1 Å². The zero-order valence-corrected chi connectivity index (χ0v) is 16.1. The molecule has 4 aromatic rings. The largest absolute Gasteiger partial charge is 0.290 e. The first-order chi connectivity index (χ1) is 13.4. The fraction of sp³-hybridized carbons (Fsp3) is 0.0909. The zero-order chi connectivity index (χ0) is 19.8. The van der Waals surface area contributed by atoms with Gasteiger partial charge < -0.3 is 0 Å². The molecule has 0 radical (unpaired) electrons. The highest BCUT2D eigenvalue weighted by Crippen LogP contribution is 2.29. The van der Waals surface area contributed by atoms with Gasteiger partial charge in [0.15, 0.2) is 10.7 Å². The molecule has 4 rings (SSSR count). The van der Waals surface area contributed by atoms with Crippen molar-refractivity contribution in [3.63, 3.8) is 0 Å². The number of allylic oxidation sites excluding steroid dienone is 1. The molecule has 140 valence electrons. The second-order valence-electron chi connectivity index (χ2n) is 6.50. The number of hydrogen-bond donors (Lipinski definition) is 0. The van der Waals surface area contributed by atoms with E-state index in [4.69, 9.17) is 0 Å². The van der Waals surface area contributed by atoms with Crippen LogP contribution < -0.4 is 0 Å². The van der Waals surface area contributed by atoms with E-state index in [9.17, 15) is 13.6 Å². The molecular weight excluding hydrogens is 378 g/mol. The summed E-state index contributed by atoms with van der Waals surface area (Å²) in [7, 11) is 0. The summed E-state index contributed by atoms with van der Waals surface area (Å²) in [5.74, 6) is -2.48. The topological polar surface area (TPSA) is 34.4 Å². The highest BCUT2D eigenvalue weighted by Gasteiger charge is 2.17. The quantitative estimate of drug-likeness (QED) is 0.321. The Hall–Kier alpha value is -3.12. The van der Waals surface area contributed by atoms with Crippen LogP contribution in [-0.2, 0) is 0 Å². The van der Waals surface area contributed by atoms with E-state index in [1.165, 1.54) is 23.5 Å². The molecule has 0 spiro atoms. The van der Waals surface area contributed by atoms with Crippen molar-refractivity contribution in [2.24, 2.45) is 0 Å². The summed E-state index contributed by atoms with van der Waals surface area (Å²) in [4.78, 5) is 19.0. The number of aryl methyl sites for hydroxylation is 2. The Balaban J connectivity index is 1.81. The van der Waals surface area contributed by atoms with Gasteiger partial charge in [0.1, 0.15) is 11.6 Å². The molecular formula is C22H16F2N2OS. The monoisotopic (exact) mass is 394 g/mol. The van der Waals surface area contributed by atoms with Gasteiger partial charge in [-0.05, 0) is 38.1 Å². The third-order valence-corrected chi connectivity index (χ3v) is 5.30. The highest BCUT2D eigenvalue weighted by atomic mass is 32.1. The Labute approximate surface area is 164 Å². The number of ketones is 1. The molecule has 6 heteroatoms. The van der Waals surface area contributed by atoms with Gasteiger partial charge in [0.05, 0.1) is 17.0 Å². The fourth-order valence-corrected chi connectivity index (χ4v) is 3.86. The van der Waals surface area contributed by atoms with Crippen LogP contribution in [0.5, 0.6) is 0 Å². The van der Waals surface area contributed by atoms with Crippen LogP contribution in [0, 0.1) is 25.5 Å². The highest BCUT2D eigenvalue weighted by molar-refractivity contribution is 7.17. The first kappa shape index (κ1) is 18.3.